The molecule has 0 saturated carbocycles. The fourth-order valence-electron chi connectivity index (χ4n) is 3.68. The maximum Gasteiger partial charge on any atom is 0.256 e. The molecule has 0 unspecified atom stereocenters. The average Bonchev–Trinajstić information content (AvgIpc) is 2.75. The fraction of sp³-hybridized carbons (Fsp3) is 0.391. The van der Waals surface area contributed by atoms with Crippen molar-refractivity contribution in [3.8, 4) is 0 Å². The quantitative estimate of drug-likeness (QED) is 0.719. The van der Waals surface area contributed by atoms with Crippen LogP contribution < -0.4 is 10.2 Å². The molecule has 6 heteroatoms. The maximum absolute atomic E-state index is 13.2. The SMILES string of the molecule is CCN(CC)C(=O)c1cc(NC(=O)c2ccc(Cl)cc2)ccc1N1CCCCC1. The topological polar surface area (TPSA) is 52.7 Å². The summed E-state index contributed by atoms with van der Waals surface area (Å²) in [6.45, 7) is 7.17. The summed E-state index contributed by atoms with van der Waals surface area (Å²) in [5.74, 6) is -0.230. The normalized spacial score (nSPS) is 13.8. The minimum Gasteiger partial charge on any atom is -0.371 e. The molecule has 0 spiro atoms. The number of hydrogen-bond acceptors (Lipinski definition) is 3. The summed E-state index contributed by atoms with van der Waals surface area (Å²) in [4.78, 5) is 29.9. The molecule has 154 valence electrons. The van der Waals surface area contributed by atoms with Crippen molar-refractivity contribution in [3.05, 3.63) is 58.6 Å². The van der Waals surface area contributed by atoms with Crippen molar-refractivity contribution in [3.63, 3.8) is 0 Å². The van der Waals surface area contributed by atoms with Gasteiger partial charge in [-0.1, -0.05) is 11.6 Å². The number of nitrogens with zero attached hydrogens (tertiary/aromatic N) is 2. The van der Waals surface area contributed by atoms with Gasteiger partial charge in [0.1, 0.15) is 0 Å². The monoisotopic (exact) mass is 413 g/mol. The number of rotatable bonds is 6. The summed E-state index contributed by atoms with van der Waals surface area (Å²) < 4.78 is 0. The lowest BCUT2D eigenvalue weighted by molar-refractivity contribution is 0.0773. The molecule has 1 aliphatic heterocycles. The van der Waals surface area contributed by atoms with Crippen molar-refractivity contribution in [1.29, 1.82) is 0 Å². The number of hydrogen-bond donors (Lipinski definition) is 1. The van der Waals surface area contributed by atoms with Gasteiger partial charge < -0.3 is 15.1 Å². The van der Waals surface area contributed by atoms with E-state index in [1.54, 1.807) is 30.3 Å². The van der Waals surface area contributed by atoms with Gasteiger partial charge in [-0.3, -0.25) is 9.59 Å². The Morgan fingerprint density at radius 1 is 1.00 bits per heavy atom. The standard InChI is InChI=1S/C23H28ClN3O2/c1-3-26(4-2)23(29)20-16-19(12-13-21(20)27-14-6-5-7-15-27)25-22(28)17-8-10-18(24)11-9-17/h8-13,16H,3-7,14-15H2,1-2H3,(H,25,28). The second-order valence-corrected chi connectivity index (χ2v) is 7.65. The predicted octanol–water partition coefficient (Wildman–Crippen LogP) is 5.06. The summed E-state index contributed by atoms with van der Waals surface area (Å²) >= 11 is 5.90. The number of carbonyl (C=O) groups is 2. The van der Waals surface area contributed by atoms with Gasteiger partial charge in [0, 0.05) is 48.1 Å². The molecular formula is C23H28ClN3O2. The van der Waals surface area contributed by atoms with E-state index in [1.807, 2.05) is 30.9 Å². The van der Waals surface area contributed by atoms with Crippen LogP contribution in [0.2, 0.25) is 5.02 Å². The van der Waals surface area contributed by atoms with Crippen LogP contribution in [0, 0.1) is 0 Å². The molecule has 2 amide bonds. The van der Waals surface area contributed by atoms with E-state index in [1.165, 1.54) is 6.42 Å². The maximum atomic E-state index is 13.2. The van der Waals surface area contributed by atoms with Gasteiger partial charge in [0.2, 0.25) is 0 Å². The molecule has 29 heavy (non-hydrogen) atoms. The van der Waals surface area contributed by atoms with Gasteiger partial charge in [-0.2, -0.15) is 0 Å². The molecule has 0 atom stereocenters. The highest BCUT2D eigenvalue weighted by Crippen LogP contribution is 2.28. The first-order chi connectivity index (χ1) is 14.0. The second kappa shape index (κ2) is 9.79. The number of piperidine rings is 1. The van der Waals surface area contributed by atoms with Gasteiger partial charge in [-0.15, -0.1) is 0 Å². The fourth-order valence-corrected chi connectivity index (χ4v) is 3.81. The molecule has 1 N–H and O–H groups in total. The van der Waals surface area contributed by atoms with Crippen LogP contribution in [0.4, 0.5) is 11.4 Å². The van der Waals surface area contributed by atoms with Crippen molar-refractivity contribution < 1.29 is 9.59 Å². The minimum absolute atomic E-state index is 0.00170. The van der Waals surface area contributed by atoms with Crippen LogP contribution >= 0.6 is 11.6 Å². The van der Waals surface area contributed by atoms with Crippen LogP contribution in [0.1, 0.15) is 53.8 Å². The van der Waals surface area contributed by atoms with Crippen molar-refractivity contribution in [2.45, 2.75) is 33.1 Å². The van der Waals surface area contributed by atoms with Gasteiger partial charge in [0.25, 0.3) is 11.8 Å². The summed E-state index contributed by atoms with van der Waals surface area (Å²) in [6.07, 6.45) is 3.49. The van der Waals surface area contributed by atoms with E-state index in [0.717, 1.165) is 31.6 Å². The summed E-state index contributed by atoms with van der Waals surface area (Å²) in [5.41, 5.74) is 2.72. The Morgan fingerprint density at radius 2 is 1.66 bits per heavy atom. The summed E-state index contributed by atoms with van der Waals surface area (Å²) in [7, 11) is 0. The molecule has 0 radical (unpaired) electrons. The Hall–Kier alpha value is -2.53. The van der Waals surface area contributed by atoms with Crippen LogP contribution in [0.25, 0.3) is 0 Å². The van der Waals surface area contributed by atoms with Gasteiger partial charge in [0.05, 0.1) is 5.56 Å². The Bertz CT molecular complexity index is 857. The van der Waals surface area contributed by atoms with Crippen molar-refractivity contribution in [2.75, 3.05) is 36.4 Å². The largest absolute Gasteiger partial charge is 0.371 e. The smallest absolute Gasteiger partial charge is 0.256 e. The molecule has 0 bridgehead atoms. The number of benzene rings is 2. The lowest BCUT2D eigenvalue weighted by atomic mass is 10.0. The number of carbonyl (C=O) groups excluding carboxylic acids is 2. The molecule has 0 aliphatic carbocycles. The first kappa shape index (κ1) is 21.2. The number of nitrogens with one attached hydrogen (secondary N) is 1. The van der Waals surface area contributed by atoms with Gasteiger partial charge in [-0.05, 0) is 75.6 Å². The van der Waals surface area contributed by atoms with Crippen molar-refractivity contribution in [2.24, 2.45) is 0 Å². The molecule has 1 fully saturated rings. The Morgan fingerprint density at radius 3 is 2.28 bits per heavy atom. The Labute approximate surface area is 177 Å². The van der Waals surface area contributed by atoms with E-state index < -0.39 is 0 Å². The number of halogens is 1. The van der Waals surface area contributed by atoms with Crippen LogP contribution in [-0.4, -0.2) is 42.9 Å². The lowest BCUT2D eigenvalue weighted by Crippen LogP contribution is -2.35. The second-order valence-electron chi connectivity index (χ2n) is 7.22. The third kappa shape index (κ3) is 5.10. The summed E-state index contributed by atoms with van der Waals surface area (Å²) in [6, 6.07) is 12.4. The van der Waals surface area contributed by atoms with Gasteiger partial charge >= 0.3 is 0 Å². The third-order valence-electron chi connectivity index (χ3n) is 5.34. The molecule has 1 saturated heterocycles. The van der Waals surface area contributed by atoms with E-state index in [4.69, 9.17) is 11.6 Å². The minimum atomic E-state index is -0.228. The number of amides is 2. The molecule has 2 aromatic rings. The zero-order chi connectivity index (χ0) is 20.8. The van der Waals surface area contributed by atoms with Gasteiger partial charge in [0.15, 0.2) is 0 Å². The van der Waals surface area contributed by atoms with E-state index in [0.29, 0.717) is 34.9 Å². The van der Waals surface area contributed by atoms with Gasteiger partial charge in [-0.25, -0.2) is 0 Å². The van der Waals surface area contributed by atoms with Crippen LogP contribution in [-0.2, 0) is 0 Å². The molecule has 2 aromatic carbocycles. The molecule has 5 nitrogen and oxygen atoms in total. The first-order valence-electron chi connectivity index (χ1n) is 10.3. The van der Waals surface area contributed by atoms with E-state index in [-0.39, 0.29) is 11.8 Å². The average molecular weight is 414 g/mol. The molecule has 1 heterocycles. The summed E-state index contributed by atoms with van der Waals surface area (Å²) in [5, 5.41) is 3.49. The van der Waals surface area contributed by atoms with Crippen molar-refractivity contribution >= 4 is 34.8 Å². The van der Waals surface area contributed by atoms with Crippen molar-refractivity contribution in [1.82, 2.24) is 4.90 Å². The zero-order valence-electron chi connectivity index (χ0n) is 17.1. The van der Waals surface area contributed by atoms with Crippen LogP contribution in [0.15, 0.2) is 42.5 Å². The van der Waals surface area contributed by atoms with E-state index >= 15 is 0 Å². The Kier molecular flexibility index (Phi) is 7.15. The lowest BCUT2D eigenvalue weighted by Gasteiger charge is -2.31. The highest BCUT2D eigenvalue weighted by molar-refractivity contribution is 6.30. The Balaban J connectivity index is 1.90. The zero-order valence-corrected chi connectivity index (χ0v) is 17.8. The third-order valence-corrected chi connectivity index (χ3v) is 5.59. The number of anilines is 2. The molecule has 1 aliphatic rings. The highest BCUT2D eigenvalue weighted by atomic mass is 35.5. The molecule has 0 aromatic heterocycles. The predicted molar refractivity (Wildman–Crippen MR) is 119 cm³/mol. The van der Waals surface area contributed by atoms with Crippen LogP contribution in [0.3, 0.4) is 0 Å². The molecular weight excluding hydrogens is 386 g/mol. The van der Waals surface area contributed by atoms with Crippen LogP contribution in [0.5, 0.6) is 0 Å². The highest BCUT2D eigenvalue weighted by Gasteiger charge is 2.22. The van der Waals surface area contributed by atoms with E-state index in [2.05, 4.69) is 10.2 Å². The first-order valence-corrected chi connectivity index (χ1v) is 10.7. The molecule has 3 rings (SSSR count). The van der Waals surface area contributed by atoms with E-state index in [9.17, 15) is 9.59 Å².